The number of nitrogens with zero attached hydrogens (tertiary/aromatic N) is 3. The number of aromatic nitrogens is 1. The molecule has 0 unspecified atom stereocenters. The first-order chi connectivity index (χ1) is 14.8. The van der Waals surface area contributed by atoms with Crippen LogP contribution in [0.3, 0.4) is 0 Å². The van der Waals surface area contributed by atoms with Crippen LogP contribution in [0.1, 0.15) is 21.5 Å². The molecule has 1 aliphatic rings. The molecule has 0 fully saturated rings. The van der Waals surface area contributed by atoms with Crippen molar-refractivity contribution in [1.82, 2.24) is 9.47 Å². The molecule has 31 heavy (non-hydrogen) atoms. The van der Waals surface area contributed by atoms with Crippen LogP contribution in [0, 0.1) is 10.1 Å². The molecule has 0 N–H and O–H groups in total. The number of pyridine rings is 1. The van der Waals surface area contributed by atoms with E-state index in [1.54, 1.807) is 13.2 Å². The van der Waals surface area contributed by atoms with Gasteiger partial charge in [-0.3, -0.25) is 24.3 Å². The first-order valence-corrected chi connectivity index (χ1v) is 9.27. The Balaban J connectivity index is 1.87. The van der Waals surface area contributed by atoms with Crippen LogP contribution in [0.2, 0.25) is 0 Å². The van der Waals surface area contributed by atoms with Gasteiger partial charge in [-0.15, -0.1) is 0 Å². The van der Waals surface area contributed by atoms with Crippen molar-refractivity contribution < 1.29 is 28.7 Å². The standard InChI is InChI=1S/C20H21N3O8/c1-29-16-7-12-4-5-21(9-13(12)8-17(16)30-2)18(24)11-22-10-14(20(26)31-3)6-15(19(22)25)23(27)28/h6-8,10H,4-5,9,11H2,1-3H3. The molecule has 1 aromatic carbocycles. The summed E-state index contributed by atoms with van der Waals surface area (Å²) in [6, 6.07) is 4.50. The van der Waals surface area contributed by atoms with Gasteiger partial charge in [0.15, 0.2) is 11.5 Å². The molecule has 1 aromatic heterocycles. The lowest BCUT2D eigenvalue weighted by Crippen LogP contribution is -2.40. The van der Waals surface area contributed by atoms with Crippen LogP contribution in [-0.4, -0.2) is 54.1 Å². The SMILES string of the molecule is COC(=O)c1cc([N+](=O)[O-])c(=O)n(CC(=O)N2CCc3cc(OC)c(OC)cc3C2)c1. The molecule has 0 radical (unpaired) electrons. The molecule has 0 bridgehead atoms. The summed E-state index contributed by atoms with van der Waals surface area (Å²) in [5, 5.41) is 11.2. The molecule has 1 amide bonds. The van der Waals surface area contributed by atoms with Gasteiger partial charge in [0.1, 0.15) is 6.54 Å². The molecule has 0 aliphatic carbocycles. The minimum atomic E-state index is -0.977. The fourth-order valence-electron chi connectivity index (χ4n) is 3.44. The number of hydrogen-bond acceptors (Lipinski definition) is 8. The van der Waals surface area contributed by atoms with Gasteiger partial charge >= 0.3 is 17.2 Å². The highest BCUT2D eigenvalue weighted by Gasteiger charge is 2.26. The Bertz CT molecular complexity index is 1110. The van der Waals surface area contributed by atoms with E-state index in [1.165, 1.54) is 12.0 Å². The minimum Gasteiger partial charge on any atom is -0.493 e. The summed E-state index contributed by atoms with van der Waals surface area (Å²) < 4.78 is 16.0. The minimum absolute atomic E-state index is 0.192. The normalized spacial score (nSPS) is 12.7. The van der Waals surface area contributed by atoms with Crippen molar-refractivity contribution >= 4 is 17.6 Å². The fraction of sp³-hybridized carbons (Fsp3) is 0.350. The molecule has 1 aliphatic heterocycles. The second-order valence-corrected chi connectivity index (χ2v) is 6.84. The second-order valence-electron chi connectivity index (χ2n) is 6.84. The van der Waals surface area contributed by atoms with Crippen LogP contribution in [0.5, 0.6) is 11.5 Å². The number of amides is 1. The summed E-state index contributed by atoms with van der Waals surface area (Å²) in [5.41, 5.74) is -0.0881. The number of hydrogen-bond donors (Lipinski definition) is 0. The Hall–Kier alpha value is -3.89. The van der Waals surface area contributed by atoms with Crippen molar-refractivity contribution in [3.8, 4) is 11.5 Å². The van der Waals surface area contributed by atoms with Crippen LogP contribution in [0.4, 0.5) is 5.69 Å². The zero-order valence-corrected chi connectivity index (χ0v) is 17.2. The lowest BCUT2D eigenvalue weighted by atomic mass is 9.98. The molecule has 0 atom stereocenters. The van der Waals surface area contributed by atoms with Crippen molar-refractivity contribution in [2.24, 2.45) is 0 Å². The van der Waals surface area contributed by atoms with Gasteiger partial charge in [-0.2, -0.15) is 0 Å². The zero-order chi connectivity index (χ0) is 22.7. The Labute approximate surface area is 176 Å². The van der Waals surface area contributed by atoms with Gasteiger partial charge in [0.05, 0.1) is 31.8 Å². The summed E-state index contributed by atoms with van der Waals surface area (Å²) in [7, 11) is 4.18. The molecule has 2 aromatic rings. The highest BCUT2D eigenvalue weighted by Crippen LogP contribution is 2.33. The van der Waals surface area contributed by atoms with Gasteiger partial charge in [0.2, 0.25) is 5.91 Å². The molecule has 164 valence electrons. The predicted molar refractivity (Wildman–Crippen MR) is 107 cm³/mol. The average molecular weight is 431 g/mol. The van der Waals surface area contributed by atoms with Crippen LogP contribution in [0.25, 0.3) is 0 Å². The topological polar surface area (TPSA) is 130 Å². The van der Waals surface area contributed by atoms with Gasteiger partial charge in [-0.05, 0) is 29.7 Å². The molecule has 11 nitrogen and oxygen atoms in total. The molecule has 0 saturated heterocycles. The molecule has 0 spiro atoms. The second kappa shape index (κ2) is 8.86. The van der Waals surface area contributed by atoms with E-state index in [0.29, 0.717) is 24.5 Å². The van der Waals surface area contributed by atoms with Crippen molar-refractivity contribution in [2.45, 2.75) is 19.5 Å². The van der Waals surface area contributed by atoms with Gasteiger partial charge in [-0.25, -0.2) is 4.79 Å². The van der Waals surface area contributed by atoms with Gasteiger partial charge in [0, 0.05) is 25.4 Å². The number of benzene rings is 1. The third-order valence-corrected chi connectivity index (χ3v) is 5.06. The van der Waals surface area contributed by atoms with E-state index in [1.807, 2.05) is 6.07 Å². The summed E-state index contributed by atoms with van der Waals surface area (Å²) in [5.74, 6) is -0.135. The van der Waals surface area contributed by atoms with Crippen LogP contribution in [-0.2, 0) is 29.0 Å². The van der Waals surface area contributed by atoms with Gasteiger partial charge in [-0.1, -0.05) is 0 Å². The van der Waals surface area contributed by atoms with Crippen molar-refractivity contribution in [1.29, 1.82) is 0 Å². The molecular formula is C20H21N3O8. The van der Waals surface area contributed by atoms with E-state index in [2.05, 4.69) is 4.74 Å². The van der Waals surface area contributed by atoms with Crippen LogP contribution < -0.4 is 15.0 Å². The summed E-state index contributed by atoms with van der Waals surface area (Å²) in [6.45, 7) is 0.226. The first-order valence-electron chi connectivity index (χ1n) is 9.27. The number of fused-ring (bicyclic) bond motifs is 1. The number of ether oxygens (including phenoxy) is 3. The monoisotopic (exact) mass is 431 g/mol. The van der Waals surface area contributed by atoms with Crippen molar-refractivity contribution in [2.75, 3.05) is 27.9 Å². The van der Waals surface area contributed by atoms with Crippen molar-refractivity contribution in [3.63, 3.8) is 0 Å². The van der Waals surface area contributed by atoms with Crippen LogP contribution >= 0.6 is 0 Å². The van der Waals surface area contributed by atoms with E-state index < -0.39 is 34.6 Å². The van der Waals surface area contributed by atoms with E-state index in [9.17, 15) is 24.5 Å². The lowest BCUT2D eigenvalue weighted by molar-refractivity contribution is -0.386. The third kappa shape index (κ3) is 4.34. The number of nitro groups is 1. The number of carbonyl (C=O) groups is 2. The molecule has 0 saturated carbocycles. The zero-order valence-electron chi connectivity index (χ0n) is 17.2. The Morgan fingerprint density at radius 1 is 1.10 bits per heavy atom. The number of methoxy groups -OCH3 is 3. The fourth-order valence-corrected chi connectivity index (χ4v) is 3.44. The Kier molecular flexibility index (Phi) is 6.23. The summed E-state index contributed by atoms with van der Waals surface area (Å²) in [6.07, 6.45) is 1.66. The predicted octanol–water partition coefficient (Wildman–Crippen LogP) is 1.15. The van der Waals surface area contributed by atoms with Gasteiger partial charge in [0.25, 0.3) is 0 Å². The largest absolute Gasteiger partial charge is 0.493 e. The van der Waals surface area contributed by atoms with Gasteiger partial charge < -0.3 is 19.1 Å². The maximum Gasteiger partial charge on any atom is 0.339 e. The maximum atomic E-state index is 12.9. The molecule has 2 heterocycles. The van der Waals surface area contributed by atoms with E-state index in [-0.39, 0.29) is 12.1 Å². The molecule has 3 rings (SSSR count). The quantitative estimate of drug-likeness (QED) is 0.378. The van der Waals surface area contributed by atoms with E-state index in [0.717, 1.165) is 35.1 Å². The van der Waals surface area contributed by atoms with Crippen molar-refractivity contribution in [3.05, 3.63) is 61.6 Å². The Morgan fingerprint density at radius 3 is 2.32 bits per heavy atom. The lowest BCUT2D eigenvalue weighted by Gasteiger charge is -2.30. The smallest absolute Gasteiger partial charge is 0.339 e. The summed E-state index contributed by atoms with van der Waals surface area (Å²) >= 11 is 0. The Morgan fingerprint density at radius 2 is 1.74 bits per heavy atom. The van der Waals surface area contributed by atoms with Crippen LogP contribution in [0.15, 0.2) is 29.2 Å². The maximum absolute atomic E-state index is 12.9. The highest BCUT2D eigenvalue weighted by molar-refractivity contribution is 5.89. The number of rotatable bonds is 6. The number of esters is 1. The number of carbonyl (C=O) groups excluding carboxylic acids is 2. The molecule has 11 heteroatoms. The van der Waals surface area contributed by atoms with E-state index >= 15 is 0 Å². The highest BCUT2D eigenvalue weighted by atomic mass is 16.6. The first kappa shape index (κ1) is 21.8. The average Bonchev–Trinajstić information content (AvgIpc) is 2.77. The third-order valence-electron chi connectivity index (χ3n) is 5.06. The molecular weight excluding hydrogens is 410 g/mol. The van der Waals surface area contributed by atoms with E-state index in [4.69, 9.17) is 9.47 Å². The summed E-state index contributed by atoms with van der Waals surface area (Å²) in [4.78, 5) is 48.9.